The molecule has 2 aliphatic rings. The van der Waals surface area contributed by atoms with E-state index in [-0.39, 0.29) is 24.3 Å². The van der Waals surface area contributed by atoms with Gasteiger partial charge >= 0.3 is 0 Å². The molecule has 5 rings (SSSR count). The zero-order chi connectivity index (χ0) is 24.4. The van der Waals surface area contributed by atoms with Crippen LogP contribution < -0.4 is 20.1 Å². The molecule has 1 atom stereocenters. The average molecular weight is 478 g/mol. The fourth-order valence-electron chi connectivity index (χ4n) is 4.49. The molecule has 3 aromatic rings. The molecule has 1 aromatic carbocycles. The normalized spacial score (nSPS) is 17.3. The highest BCUT2D eigenvalue weighted by molar-refractivity contribution is 6.00. The molecule has 0 aliphatic carbocycles. The third kappa shape index (κ3) is 5.03. The number of β-amino-alcohol motifs (C(OH)–C–C–N with tert-alkyl or cyclic N) is 1. The Morgan fingerprint density at radius 3 is 2.91 bits per heavy atom. The number of aromatic nitrogens is 2. The summed E-state index contributed by atoms with van der Waals surface area (Å²) in [6.07, 6.45) is 2.31. The number of nitrogens with zero attached hydrogens (tertiary/aromatic N) is 3. The lowest BCUT2D eigenvalue weighted by Crippen LogP contribution is -2.40. The molecular formula is C25H27N5O5. The summed E-state index contributed by atoms with van der Waals surface area (Å²) >= 11 is 0. The van der Waals surface area contributed by atoms with E-state index in [1.165, 1.54) is 0 Å². The summed E-state index contributed by atoms with van der Waals surface area (Å²) in [4.78, 5) is 35.4. The highest BCUT2D eigenvalue weighted by atomic mass is 16.5. The first-order chi connectivity index (χ1) is 17.0. The number of methoxy groups -OCH3 is 1. The van der Waals surface area contributed by atoms with Gasteiger partial charge in [0.2, 0.25) is 11.8 Å². The minimum Gasteiger partial charge on any atom is -0.482 e. The lowest BCUT2D eigenvalue weighted by Gasteiger charge is -2.32. The van der Waals surface area contributed by atoms with E-state index in [2.05, 4.69) is 25.5 Å². The summed E-state index contributed by atoms with van der Waals surface area (Å²) < 4.78 is 10.6. The van der Waals surface area contributed by atoms with Crippen LogP contribution in [0.2, 0.25) is 0 Å². The van der Waals surface area contributed by atoms with Crippen molar-refractivity contribution in [3.63, 3.8) is 0 Å². The van der Waals surface area contributed by atoms with Crippen molar-refractivity contribution in [2.24, 2.45) is 5.92 Å². The largest absolute Gasteiger partial charge is 0.482 e. The van der Waals surface area contributed by atoms with Crippen LogP contribution in [0.25, 0.3) is 11.0 Å². The summed E-state index contributed by atoms with van der Waals surface area (Å²) in [6.45, 7) is 1.84. The number of fused-ring (bicyclic) bond motifs is 2. The van der Waals surface area contributed by atoms with Crippen LogP contribution in [0.15, 0.2) is 42.6 Å². The molecule has 2 amide bonds. The van der Waals surface area contributed by atoms with Crippen molar-refractivity contribution in [1.29, 1.82) is 0 Å². The SMILES string of the molecule is COc1ccc2nccc(NC(=O)C3CCN(C[C@H](O)c4ccc5c(c4)NC(=O)CO5)CC3)c2n1. The molecule has 1 saturated heterocycles. The fraction of sp³-hybridized carbons (Fsp3) is 0.360. The highest BCUT2D eigenvalue weighted by Gasteiger charge is 2.27. The van der Waals surface area contributed by atoms with Crippen molar-refractivity contribution in [3.8, 4) is 11.6 Å². The zero-order valence-electron chi connectivity index (χ0n) is 19.4. The molecule has 182 valence electrons. The van der Waals surface area contributed by atoms with Crippen molar-refractivity contribution >= 4 is 34.2 Å². The fourth-order valence-corrected chi connectivity index (χ4v) is 4.49. The lowest BCUT2D eigenvalue weighted by atomic mass is 9.95. The van der Waals surface area contributed by atoms with E-state index in [0.717, 1.165) is 0 Å². The van der Waals surface area contributed by atoms with Crippen molar-refractivity contribution in [2.45, 2.75) is 18.9 Å². The number of pyridine rings is 2. The molecule has 3 N–H and O–H groups in total. The predicted octanol–water partition coefficient (Wildman–Crippen LogP) is 2.35. The summed E-state index contributed by atoms with van der Waals surface area (Å²) in [5, 5.41) is 16.5. The molecule has 2 aromatic heterocycles. The number of aliphatic hydroxyl groups is 1. The Morgan fingerprint density at radius 1 is 1.29 bits per heavy atom. The summed E-state index contributed by atoms with van der Waals surface area (Å²) in [5.41, 5.74) is 3.17. The Balaban J connectivity index is 1.17. The van der Waals surface area contributed by atoms with Crippen LogP contribution in [0.5, 0.6) is 11.6 Å². The van der Waals surface area contributed by atoms with Gasteiger partial charge in [-0.05, 0) is 55.8 Å². The topological polar surface area (TPSA) is 126 Å². The summed E-state index contributed by atoms with van der Waals surface area (Å²) in [6, 6.07) is 10.6. The van der Waals surface area contributed by atoms with Crippen LogP contribution in [-0.4, -0.2) is 65.1 Å². The first kappa shape index (κ1) is 23.0. The molecule has 4 heterocycles. The van der Waals surface area contributed by atoms with Gasteiger partial charge < -0.3 is 30.1 Å². The molecule has 0 spiro atoms. The molecular weight excluding hydrogens is 450 g/mol. The number of hydrogen-bond acceptors (Lipinski definition) is 8. The number of carbonyl (C=O) groups excluding carboxylic acids is 2. The second-order valence-corrected chi connectivity index (χ2v) is 8.75. The first-order valence-corrected chi connectivity index (χ1v) is 11.6. The van der Waals surface area contributed by atoms with Crippen molar-refractivity contribution in [3.05, 3.63) is 48.2 Å². The van der Waals surface area contributed by atoms with Gasteiger partial charge in [-0.1, -0.05) is 6.07 Å². The van der Waals surface area contributed by atoms with Gasteiger partial charge in [-0.3, -0.25) is 14.6 Å². The first-order valence-electron chi connectivity index (χ1n) is 11.6. The molecule has 10 heteroatoms. The van der Waals surface area contributed by atoms with E-state index in [0.29, 0.717) is 72.1 Å². The van der Waals surface area contributed by atoms with Crippen LogP contribution in [-0.2, 0) is 9.59 Å². The second kappa shape index (κ2) is 9.85. The van der Waals surface area contributed by atoms with Crippen LogP contribution >= 0.6 is 0 Å². The van der Waals surface area contributed by atoms with Gasteiger partial charge in [0.05, 0.1) is 30.1 Å². The minimum absolute atomic E-state index is 0.000484. The van der Waals surface area contributed by atoms with Gasteiger partial charge in [0, 0.05) is 24.7 Å². The Hall–Kier alpha value is -3.76. The monoisotopic (exact) mass is 477 g/mol. The van der Waals surface area contributed by atoms with Gasteiger partial charge in [-0.2, -0.15) is 0 Å². The average Bonchev–Trinajstić information content (AvgIpc) is 2.88. The standard InChI is InChI=1S/C25H27N5O5/c1-34-23-5-3-17-24(29-23)18(6-9-26-17)28-25(33)15-7-10-30(11-8-15)13-20(31)16-2-4-21-19(12-16)27-22(32)14-35-21/h2-6,9,12,15,20,31H,7-8,10-11,13-14H2,1H3,(H,27,32)(H,26,28,33)/t20-/m0/s1. The quantitative estimate of drug-likeness (QED) is 0.494. The number of hydrogen-bond donors (Lipinski definition) is 3. The summed E-state index contributed by atoms with van der Waals surface area (Å²) in [5.74, 6) is 0.671. The maximum atomic E-state index is 13.0. The van der Waals surface area contributed by atoms with E-state index in [4.69, 9.17) is 9.47 Å². The van der Waals surface area contributed by atoms with Gasteiger partial charge in [0.15, 0.2) is 6.61 Å². The van der Waals surface area contributed by atoms with Crippen molar-refractivity contribution in [2.75, 3.05) is 44.0 Å². The Labute approximate surface area is 202 Å². The molecule has 10 nitrogen and oxygen atoms in total. The number of amides is 2. The third-order valence-corrected chi connectivity index (χ3v) is 6.44. The van der Waals surface area contributed by atoms with Crippen LogP contribution in [0.4, 0.5) is 11.4 Å². The smallest absolute Gasteiger partial charge is 0.262 e. The highest BCUT2D eigenvalue weighted by Crippen LogP contribution is 2.31. The third-order valence-electron chi connectivity index (χ3n) is 6.44. The molecule has 1 fully saturated rings. The van der Waals surface area contributed by atoms with E-state index >= 15 is 0 Å². The van der Waals surface area contributed by atoms with E-state index in [1.54, 1.807) is 37.6 Å². The van der Waals surface area contributed by atoms with Crippen LogP contribution in [0.1, 0.15) is 24.5 Å². The molecule has 0 unspecified atom stereocenters. The molecule has 2 aliphatic heterocycles. The number of likely N-dealkylation sites (tertiary alicyclic amines) is 1. The molecule has 0 saturated carbocycles. The maximum Gasteiger partial charge on any atom is 0.262 e. The van der Waals surface area contributed by atoms with Gasteiger partial charge in [0.25, 0.3) is 5.91 Å². The number of aliphatic hydroxyl groups excluding tert-OH is 1. The van der Waals surface area contributed by atoms with Gasteiger partial charge in [0.1, 0.15) is 11.3 Å². The minimum atomic E-state index is -0.714. The zero-order valence-corrected chi connectivity index (χ0v) is 19.4. The molecule has 0 radical (unpaired) electrons. The second-order valence-electron chi connectivity index (χ2n) is 8.75. The number of ether oxygens (including phenoxy) is 2. The predicted molar refractivity (Wildman–Crippen MR) is 129 cm³/mol. The van der Waals surface area contributed by atoms with Crippen molar-refractivity contribution in [1.82, 2.24) is 14.9 Å². The van der Waals surface area contributed by atoms with Gasteiger partial charge in [-0.15, -0.1) is 0 Å². The van der Waals surface area contributed by atoms with Crippen molar-refractivity contribution < 1.29 is 24.2 Å². The molecule has 0 bridgehead atoms. The van der Waals surface area contributed by atoms with Crippen LogP contribution in [0.3, 0.4) is 0 Å². The Kier molecular flexibility index (Phi) is 6.47. The Morgan fingerprint density at radius 2 is 2.11 bits per heavy atom. The number of anilines is 2. The molecule has 35 heavy (non-hydrogen) atoms. The van der Waals surface area contributed by atoms with E-state index in [1.807, 2.05) is 12.1 Å². The Bertz CT molecular complexity index is 1260. The lowest BCUT2D eigenvalue weighted by molar-refractivity contribution is -0.121. The number of carbonyl (C=O) groups is 2. The van der Waals surface area contributed by atoms with Gasteiger partial charge in [-0.25, -0.2) is 4.98 Å². The van der Waals surface area contributed by atoms with E-state index in [9.17, 15) is 14.7 Å². The van der Waals surface area contributed by atoms with E-state index < -0.39 is 6.10 Å². The maximum absolute atomic E-state index is 13.0. The summed E-state index contributed by atoms with van der Waals surface area (Å²) in [7, 11) is 1.55. The number of nitrogens with one attached hydrogen (secondary N) is 2. The number of benzene rings is 1. The van der Waals surface area contributed by atoms with Crippen LogP contribution in [0, 0.1) is 5.92 Å². The number of rotatable bonds is 6. The number of piperidine rings is 1.